The first-order chi connectivity index (χ1) is 17.1. The second-order valence-corrected chi connectivity index (χ2v) is 9.40. The molecule has 0 aliphatic carbocycles. The van der Waals surface area contributed by atoms with Gasteiger partial charge in [0.15, 0.2) is 10.9 Å². The Morgan fingerprint density at radius 2 is 1.43 bits per heavy atom. The van der Waals surface area contributed by atoms with Crippen LogP contribution in [0, 0.1) is 0 Å². The lowest BCUT2D eigenvalue weighted by Gasteiger charge is -2.26. The maximum Gasteiger partial charge on any atom is 0.199 e. The Balaban J connectivity index is 1.87. The van der Waals surface area contributed by atoms with Gasteiger partial charge in [-0.2, -0.15) is 0 Å². The number of nitrogens with one attached hydrogen (secondary N) is 2. The molecular formula is C30H33N3O2. The van der Waals surface area contributed by atoms with E-state index in [-0.39, 0.29) is 10.9 Å². The molecule has 0 radical (unpaired) electrons. The zero-order valence-electron chi connectivity index (χ0n) is 20.8. The molecule has 0 unspecified atom stereocenters. The van der Waals surface area contributed by atoms with Gasteiger partial charge in [-0.05, 0) is 55.2 Å². The minimum atomic E-state index is -0.00838. The van der Waals surface area contributed by atoms with Gasteiger partial charge in [0.05, 0.1) is 33.0 Å². The summed E-state index contributed by atoms with van der Waals surface area (Å²) in [5.74, 6) is 0. The normalized spacial score (nSPS) is 11.7. The molecule has 2 aromatic heterocycles. The van der Waals surface area contributed by atoms with Crippen molar-refractivity contribution in [3.63, 3.8) is 0 Å². The maximum absolute atomic E-state index is 14.2. The summed E-state index contributed by atoms with van der Waals surface area (Å²) in [7, 11) is 0. The summed E-state index contributed by atoms with van der Waals surface area (Å²) in [6, 6.07) is 15.5. The van der Waals surface area contributed by atoms with Gasteiger partial charge in [0.25, 0.3) is 0 Å². The molecule has 5 aromatic rings. The Morgan fingerprint density at radius 3 is 2.14 bits per heavy atom. The lowest BCUT2D eigenvalue weighted by molar-refractivity contribution is 0.679. The smallest absolute Gasteiger partial charge is 0.199 e. The molecule has 0 bridgehead atoms. The highest BCUT2D eigenvalue weighted by Gasteiger charge is 2.19. The second kappa shape index (κ2) is 9.57. The Morgan fingerprint density at radius 1 is 0.714 bits per heavy atom. The third kappa shape index (κ3) is 3.89. The first-order valence-corrected chi connectivity index (χ1v) is 12.9. The van der Waals surface area contributed by atoms with Crippen LogP contribution in [-0.2, 0) is 6.42 Å². The number of rotatable bonds is 8. The van der Waals surface area contributed by atoms with Gasteiger partial charge in [-0.3, -0.25) is 9.59 Å². The lowest BCUT2D eigenvalue weighted by Crippen LogP contribution is -2.27. The molecule has 0 saturated heterocycles. The minimum Gasteiger partial charge on any atom is -0.371 e. The number of anilines is 1. The van der Waals surface area contributed by atoms with E-state index in [2.05, 4.69) is 34.8 Å². The molecule has 5 heteroatoms. The number of aromatic amines is 2. The molecule has 2 N–H and O–H groups in total. The summed E-state index contributed by atoms with van der Waals surface area (Å²) in [5.41, 5.74) is 5.02. The summed E-state index contributed by atoms with van der Waals surface area (Å²) >= 11 is 0. The van der Waals surface area contributed by atoms with E-state index in [9.17, 15) is 9.59 Å². The third-order valence-corrected chi connectivity index (χ3v) is 7.13. The van der Waals surface area contributed by atoms with Crippen molar-refractivity contribution < 1.29 is 0 Å². The quantitative estimate of drug-likeness (QED) is 0.251. The summed E-state index contributed by atoms with van der Waals surface area (Å²) in [4.78, 5) is 36.9. The molecule has 180 valence electrons. The molecule has 0 atom stereocenters. The van der Waals surface area contributed by atoms with Gasteiger partial charge < -0.3 is 14.9 Å². The van der Waals surface area contributed by atoms with Crippen molar-refractivity contribution in [2.75, 3.05) is 18.0 Å². The van der Waals surface area contributed by atoms with Crippen LogP contribution in [0.1, 0.15) is 52.0 Å². The summed E-state index contributed by atoms with van der Waals surface area (Å²) in [6.45, 7) is 8.32. The lowest BCUT2D eigenvalue weighted by atomic mass is 9.97. The topological polar surface area (TPSA) is 69.0 Å². The van der Waals surface area contributed by atoms with Gasteiger partial charge >= 0.3 is 0 Å². The third-order valence-electron chi connectivity index (χ3n) is 7.13. The van der Waals surface area contributed by atoms with Crippen molar-refractivity contribution in [3.8, 4) is 0 Å². The highest BCUT2D eigenvalue weighted by molar-refractivity contribution is 6.07. The number of nitrogens with zero attached hydrogens (tertiary/aromatic N) is 1. The van der Waals surface area contributed by atoms with Gasteiger partial charge in [-0.25, -0.2) is 0 Å². The molecular weight excluding hydrogens is 434 g/mol. The molecule has 0 aliphatic heterocycles. The number of unbranched alkanes of at least 4 members (excludes halogenated alkanes) is 2. The maximum atomic E-state index is 14.2. The number of aryl methyl sites for hydroxylation is 1. The average Bonchev–Trinajstić information content (AvgIpc) is 2.88. The number of H-pyrrole nitrogens is 2. The molecule has 0 aliphatic rings. The Labute approximate surface area is 204 Å². The van der Waals surface area contributed by atoms with Crippen molar-refractivity contribution in [2.24, 2.45) is 0 Å². The van der Waals surface area contributed by atoms with Crippen molar-refractivity contribution >= 4 is 49.3 Å². The Bertz CT molecular complexity index is 1650. The highest BCUT2D eigenvalue weighted by Crippen LogP contribution is 2.30. The van der Waals surface area contributed by atoms with E-state index in [4.69, 9.17) is 0 Å². The minimum absolute atomic E-state index is 0.00838. The number of aromatic nitrogens is 2. The summed E-state index contributed by atoms with van der Waals surface area (Å²) < 4.78 is 0. The largest absolute Gasteiger partial charge is 0.371 e. The summed E-state index contributed by atoms with van der Waals surface area (Å²) in [6.07, 6.45) is 5.05. The first kappa shape index (κ1) is 23.2. The van der Waals surface area contributed by atoms with E-state index in [1.54, 1.807) is 0 Å². The van der Waals surface area contributed by atoms with Crippen LogP contribution in [0.5, 0.6) is 0 Å². The number of fused-ring (bicyclic) bond motifs is 4. The zero-order valence-corrected chi connectivity index (χ0v) is 20.8. The van der Waals surface area contributed by atoms with Crippen LogP contribution < -0.4 is 15.8 Å². The molecule has 0 fully saturated rings. The van der Waals surface area contributed by atoms with Crippen molar-refractivity contribution in [2.45, 2.75) is 52.9 Å². The summed E-state index contributed by atoms with van der Waals surface area (Å²) in [5, 5.41) is 2.70. The molecule has 35 heavy (non-hydrogen) atoms. The van der Waals surface area contributed by atoms with E-state index in [0.29, 0.717) is 22.6 Å². The fraction of sp³-hybridized carbons (Fsp3) is 0.333. The Kier molecular flexibility index (Phi) is 6.33. The molecule has 3 aromatic carbocycles. The van der Waals surface area contributed by atoms with Gasteiger partial charge in [-0.1, -0.05) is 51.8 Å². The van der Waals surface area contributed by atoms with Gasteiger partial charge in [0, 0.05) is 29.4 Å². The van der Waals surface area contributed by atoms with Crippen LogP contribution in [0.3, 0.4) is 0 Å². The number of benzene rings is 3. The van der Waals surface area contributed by atoms with Crippen LogP contribution in [0.4, 0.5) is 5.69 Å². The molecule has 0 amide bonds. The number of hydrogen-bond donors (Lipinski definition) is 2. The van der Waals surface area contributed by atoms with E-state index in [0.717, 1.165) is 77.5 Å². The van der Waals surface area contributed by atoms with Crippen molar-refractivity contribution in [1.29, 1.82) is 0 Å². The van der Waals surface area contributed by atoms with E-state index >= 15 is 0 Å². The van der Waals surface area contributed by atoms with Crippen LogP contribution in [0.25, 0.3) is 43.6 Å². The molecule has 5 nitrogen and oxygen atoms in total. The number of pyridine rings is 2. The number of para-hydroxylation sites is 1. The van der Waals surface area contributed by atoms with Gasteiger partial charge in [-0.15, -0.1) is 0 Å². The van der Waals surface area contributed by atoms with Crippen LogP contribution in [0.15, 0.2) is 58.1 Å². The second-order valence-electron chi connectivity index (χ2n) is 9.40. The molecule has 5 rings (SSSR count). The zero-order chi connectivity index (χ0) is 24.5. The SMILES string of the molecule is CCCCN(CCCC)c1cccc2[nH]c3cc4c(=O)c5ccccc5[nH]c4c(CC)c3c(=O)c12. The highest BCUT2D eigenvalue weighted by atomic mass is 16.1. The van der Waals surface area contributed by atoms with E-state index in [1.807, 2.05) is 49.4 Å². The van der Waals surface area contributed by atoms with Crippen molar-refractivity contribution in [3.05, 3.63) is 74.5 Å². The first-order valence-electron chi connectivity index (χ1n) is 12.9. The van der Waals surface area contributed by atoms with Gasteiger partial charge in [0.1, 0.15) is 0 Å². The van der Waals surface area contributed by atoms with Gasteiger partial charge in [0.2, 0.25) is 0 Å². The standard InChI is InChI=1S/C30H33N3O2/c1-4-7-16-33(17-8-5-2)25-15-11-14-23-27(25)30(35)26-19(6-3)28-21(18-24(26)31-23)29(34)20-12-9-10-13-22(20)32-28/h9-15,18H,4-8,16-17H2,1-3H3,(H,31,35)(H,32,34). The molecule has 2 heterocycles. The average molecular weight is 468 g/mol. The molecule has 0 spiro atoms. The Hall–Kier alpha value is -3.60. The fourth-order valence-corrected chi connectivity index (χ4v) is 5.31. The fourth-order valence-electron chi connectivity index (χ4n) is 5.31. The van der Waals surface area contributed by atoms with Crippen LogP contribution in [-0.4, -0.2) is 23.1 Å². The molecule has 0 saturated carbocycles. The number of hydrogen-bond acceptors (Lipinski definition) is 3. The van der Waals surface area contributed by atoms with E-state index < -0.39 is 0 Å². The van der Waals surface area contributed by atoms with Crippen molar-refractivity contribution in [1.82, 2.24) is 9.97 Å². The van der Waals surface area contributed by atoms with E-state index in [1.165, 1.54) is 0 Å². The predicted octanol–water partition coefficient (Wildman–Crippen LogP) is 6.65. The van der Waals surface area contributed by atoms with Crippen LogP contribution >= 0.6 is 0 Å². The van der Waals surface area contributed by atoms with Crippen LogP contribution in [0.2, 0.25) is 0 Å². The predicted molar refractivity (Wildman–Crippen MR) is 149 cm³/mol. The monoisotopic (exact) mass is 467 g/mol.